The zero-order valence-electron chi connectivity index (χ0n) is 15.2. The Balaban J connectivity index is 1.69. The van der Waals surface area contributed by atoms with Gasteiger partial charge >= 0.3 is 0 Å². The minimum absolute atomic E-state index is 0.192. The second-order valence-corrected chi connectivity index (χ2v) is 6.52. The summed E-state index contributed by atoms with van der Waals surface area (Å²) in [6.45, 7) is 0. The fourth-order valence-electron chi connectivity index (χ4n) is 2.64. The van der Waals surface area contributed by atoms with Crippen molar-refractivity contribution in [3.63, 3.8) is 0 Å². The van der Waals surface area contributed by atoms with Crippen LogP contribution in [0.5, 0.6) is 5.75 Å². The molecule has 3 rings (SSSR count). The Morgan fingerprint density at radius 1 is 0.893 bits per heavy atom. The summed E-state index contributed by atoms with van der Waals surface area (Å²) in [5.74, 6) is 0.202. The van der Waals surface area contributed by atoms with E-state index in [4.69, 9.17) is 16.3 Å². The van der Waals surface area contributed by atoms with Crippen molar-refractivity contribution < 1.29 is 14.3 Å². The van der Waals surface area contributed by atoms with Gasteiger partial charge in [-0.1, -0.05) is 35.9 Å². The highest BCUT2D eigenvalue weighted by atomic mass is 35.5. The van der Waals surface area contributed by atoms with Crippen molar-refractivity contribution in [3.8, 4) is 5.75 Å². The number of methoxy groups -OCH3 is 1. The first-order valence-corrected chi connectivity index (χ1v) is 9.01. The van der Waals surface area contributed by atoms with Crippen LogP contribution in [0.2, 0.25) is 5.02 Å². The van der Waals surface area contributed by atoms with Crippen LogP contribution in [0.4, 0.5) is 11.4 Å². The lowest BCUT2D eigenvalue weighted by Crippen LogP contribution is -2.19. The molecule has 0 atom stereocenters. The van der Waals surface area contributed by atoms with Crippen molar-refractivity contribution >= 4 is 34.8 Å². The van der Waals surface area contributed by atoms with Gasteiger partial charge in [0.15, 0.2) is 0 Å². The topological polar surface area (TPSA) is 67.4 Å². The highest BCUT2D eigenvalue weighted by molar-refractivity contribution is 6.30. The molecule has 3 aromatic carbocycles. The van der Waals surface area contributed by atoms with E-state index >= 15 is 0 Å². The molecule has 0 unspecified atom stereocenters. The average Bonchev–Trinajstić information content (AvgIpc) is 2.70. The molecular weight excluding hydrogens is 376 g/mol. The van der Waals surface area contributed by atoms with Crippen molar-refractivity contribution in [3.05, 3.63) is 88.9 Å². The molecule has 0 saturated heterocycles. The van der Waals surface area contributed by atoms with Crippen LogP contribution < -0.4 is 15.4 Å². The number of carbonyl (C=O) groups excluding carboxylic acids is 2. The lowest BCUT2D eigenvalue weighted by atomic mass is 10.1. The number of anilines is 2. The van der Waals surface area contributed by atoms with Gasteiger partial charge in [0.2, 0.25) is 5.91 Å². The fraction of sp³-hybridized carbons (Fsp3) is 0.0909. The predicted molar refractivity (Wildman–Crippen MR) is 111 cm³/mol. The molecule has 28 heavy (non-hydrogen) atoms. The van der Waals surface area contributed by atoms with Crippen LogP contribution in [0.3, 0.4) is 0 Å². The quantitative estimate of drug-likeness (QED) is 0.632. The highest BCUT2D eigenvalue weighted by Crippen LogP contribution is 2.19. The Labute approximate surface area is 168 Å². The molecule has 5 nitrogen and oxygen atoms in total. The fourth-order valence-corrected chi connectivity index (χ4v) is 2.77. The van der Waals surface area contributed by atoms with Crippen LogP contribution in [0.25, 0.3) is 0 Å². The van der Waals surface area contributed by atoms with Gasteiger partial charge in [-0.15, -0.1) is 0 Å². The van der Waals surface area contributed by atoms with E-state index in [-0.39, 0.29) is 18.2 Å². The van der Waals surface area contributed by atoms with Crippen LogP contribution in [-0.4, -0.2) is 18.9 Å². The first-order chi connectivity index (χ1) is 13.5. The third kappa shape index (κ3) is 5.11. The number of hydrogen-bond acceptors (Lipinski definition) is 3. The second kappa shape index (κ2) is 9.06. The van der Waals surface area contributed by atoms with E-state index in [1.807, 2.05) is 12.1 Å². The van der Waals surface area contributed by atoms with E-state index < -0.39 is 0 Å². The van der Waals surface area contributed by atoms with Crippen LogP contribution in [-0.2, 0) is 11.2 Å². The van der Waals surface area contributed by atoms with Crippen LogP contribution in [0.15, 0.2) is 72.8 Å². The maximum absolute atomic E-state index is 12.6. The predicted octanol–water partition coefficient (Wildman–Crippen LogP) is 4.78. The second-order valence-electron chi connectivity index (χ2n) is 6.08. The van der Waals surface area contributed by atoms with E-state index in [0.717, 1.165) is 11.3 Å². The molecule has 142 valence electrons. The van der Waals surface area contributed by atoms with Gasteiger partial charge in [0, 0.05) is 10.7 Å². The molecule has 2 amide bonds. The zero-order chi connectivity index (χ0) is 19.9. The van der Waals surface area contributed by atoms with Crippen molar-refractivity contribution in [1.82, 2.24) is 0 Å². The molecule has 0 bridgehead atoms. The van der Waals surface area contributed by atoms with Crippen molar-refractivity contribution in [1.29, 1.82) is 0 Å². The van der Waals surface area contributed by atoms with Gasteiger partial charge in [-0.3, -0.25) is 9.59 Å². The zero-order valence-corrected chi connectivity index (χ0v) is 16.0. The molecule has 0 aliphatic heterocycles. The molecule has 0 saturated carbocycles. The van der Waals surface area contributed by atoms with Crippen molar-refractivity contribution in [2.45, 2.75) is 6.42 Å². The number of carbonyl (C=O) groups is 2. The molecule has 0 aliphatic rings. The monoisotopic (exact) mass is 394 g/mol. The normalized spacial score (nSPS) is 10.2. The average molecular weight is 395 g/mol. The summed E-state index contributed by atoms with van der Waals surface area (Å²) in [4.78, 5) is 25.0. The van der Waals surface area contributed by atoms with Gasteiger partial charge in [-0.2, -0.15) is 0 Å². The summed E-state index contributed by atoms with van der Waals surface area (Å²) >= 11 is 5.86. The van der Waals surface area contributed by atoms with Crippen LogP contribution >= 0.6 is 11.6 Å². The van der Waals surface area contributed by atoms with Crippen LogP contribution in [0, 0.1) is 0 Å². The van der Waals surface area contributed by atoms with Crippen molar-refractivity contribution in [2.75, 3.05) is 17.7 Å². The standard InChI is InChI=1S/C22H19ClN2O3/c1-28-18-12-6-15(7-13-18)14-21(26)25-20-5-3-2-4-19(20)22(27)24-17-10-8-16(23)9-11-17/h2-13H,14H2,1H3,(H,24,27)(H,25,26). The van der Waals surface area contributed by atoms with E-state index in [0.29, 0.717) is 22.0 Å². The summed E-state index contributed by atoms with van der Waals surface area (Å²) in [6.07, 6.45) is 0.192. The number of benzene rings is 3. The molecule has 0 spiro atoms. The first-order valence-electron chi connectivity index (χ1n) is 8.64. The SMILES string of the molecule is COc1ccc(CC(=O)Nc2ccccc2C(=O)Nc2ccc(Cl)cc2)cc1. The molecule has 0 aromatic heterocycles. The van der Waals surface area contributed by atoms with E-state index in [2.05, 4.69) is 10.6 Å². The van der Waals surface area contributed by atoms with E-state index in [9.17, 15) is 9.59 Å². The number of para-hydroxylation sites is 1. The molecule has 0 radical (unpaired) electrons. The largest absolute Gasteiger partial charge is 0.497 e. The smallest absolute Gasteiger partial charge is 0.257 e. The van der Waals surface area contributed by atoms with Crippen LogP contribution in [0.1, 0.15) is 15.9 Å². The maximum atomic E-state index is 12.6. The number of hydrogen-bond donors (Lipinski definition) is 2. The van der Waals surface area contributed by atoms with Gasteiger partial charge < -0.3 is 15.4 Å². The maximum Gasteiger partial charge on any atom is 0.257 e. The number of halogens is 1. The summed E-state index contributed by atoms with van der Waals surface area (Å²) in [5, 5.41) is 6.20. The number of amides is 2. The van der Waals surface area contributed by atoms with Crippen molar-refractivity contribution in [2.24, 2.45) is 0 Å². The van der Waals surface area contributed by atoms with Gasteiger partial charge in [-0.25, -0.2) is 0 Å². The summed E-state index contributed by atoms with van der Waals surface area (Å²) in [6, 6.07) is 21.0. The molecule has 6 heteroatoms. The molecule has 3 aromatic rings. The molecule has 2 N–H and O–H groups in total. The van der Waals surface area contributed by atoms with Gasteiger partial charge in [0.1, 0.15) is 5.75 Å². The summed E-state index contributed by atoms with van der Waals surface area (Å²) < 4.78 is 5.11. The van der Waals surface area contributed by atoms with Gasteiger partial charge in [0.05, 0.1) is 24.8 Å². The Kier molecular flexibility index (Phi) is 6.29. The Hall–Kier alpha value is -3.31. The van der Waals surface area contributed by atoms with Gasteiger partial charge in [0.25, 0.3) is 5.91 Å². The van der Waals surface area contributed by atoms with E-state index in [1.54, 1.807) is 67.8 Å². The third-order valence-electron chi connectivity index (χ3n) is 4.07. The summed E-state index contributed by atoms with van der Waals surface area (Å²) in [5.41, 5.74) is 2.29. The number of nitrogens with one attached hydrogen (secondary N) is 2. The Morgan fingerprint density at radius 3 is 2.25 bits per heavy atom. The molecular formula is C22H19ClN2O3. The minimum atomic E-state index is -0.317. The van der Waals surface area contributed by atoms with Gasteiger partial charge in [-0.05, 0) is 54.1 Å². The molecule has 0 aliphatic carbocycles. The Bertz CT molecular complexity index is 970. The lowest BCUT2D eigenvalue weighted by Gasteiger charge is -2.12. The number of ether oxygens (including phenoxy) is 1. The Morgan fingerprint density at radius 2 is 1.57 bits per heavy atom. The first kappa shape index (κ1) is 19.5. The molecule has 0 heterocycles. The highest BCUT2D eigenvalue weighted by Gasteiger charge is 2.14. The number of rotatable bonds is 6. The lowest BCUT2D eigenvalue weighted by molar-refractivity contribution is -0.115. The summed E-state index contributed by atoms with van der Waals surface area (Å²) in [7, 11) is 1.59. The minimum Gasteiger partial charge on any atom is -0.497 e. The third-order valence-corrected chi connectivity index (χ3v) is 4.32. The molecule has 0 fully saturated rings. The van der Waals surface area contributed by atoms with E-state index in [1.165, 1.54) is 0 Å².